The van der Waals surface area contributed by atoms with Gasteiger partial charge in [0.25, 0.3) is 0 Å². The van der Waals surface area contributed by atoms with Gasteiger partial charge >= 0.3 is 11.9 Å². The van der Waals surface area contributed by atoms with E-state index in [4.69, 9.17) is 9.84 Å². The van der Waals surface area contributed by atoms with Crippen LogP contribution < -0.4 is 4.74 Å². The van der Waals surface area contributed by atoms with Gasteiger partial charge in [0.15, 0.2) is 0 Å². The van der Waals surface area contributed by atoms with Crippen molar-refractivity contribution < 1.29 is 24.5 Å². The van der Waals surface area contributed by atoms with E-state index < -0.39 is 17.9 Å². The first kappa shape index (κ1) is 18.8. The summed E-state index contributed by atoms with van der Waals surface area (Å²) >= 11 is 0. The molecule has 5 nitrogen and oxygen atoms in total. The zero-order chi connectivity index (χ0) is 18.6. The fraction of sp³-hybridized carbons (Fsp3) is 0.400. The maximum Gasteiger partial charge on any atom is 0.307 e. The molecule has 0 fully saturated rings. The van der Waals surface area contributed by atoms with Crippen molar-refractivity contribution in [1.82, 2.24) is 0 Å². The Kier molecular flexibility index (Phi) is 6.02. The average Bonchev–Trinajstić information content (AvgIpc) is 2.56. The third-order valence-electron chi connectivity index (χ3n) is 4.61. The second kappa shape index (κ2) is 8.01. The minimum absolute atomic E-state index is 0.0538. The molecule has 2 atom stereocenters. The van der Waals surface area contributed by atoms with Gasteiger partial charge in [-0.25, -0.2) is 0 Å². The predicted octanol–water partition coefficient (Wildman–Crippen LogP) is 4.15. The first-order valence-electron chi connectivity index (χ1n) is 8.35. The molecule has 2 rings (SSSR count). The van der Waals surface area contributed by atoms with Gasteiger partial charge in [-0.15, -0.1) is 0 Å². The van der Waals surface area contributed by atoms with Gasteiger partial charge in [0.1, 0.15) is 5.75 Å². The molecule has 0 aliphatic carbocycles. The van der Waals surface area contributed by atoms with Crippen molar-refractivity contribution >= 4 is 22.7 Å². The second-order valence-corrected chi connectivity index (χ2v) is 6.62. The molecule has 0 radical (unpaired) electrons. The summed E-state index contributed by atoms with van der Waals surface area (Å²) < 4.78 is 5.22. The Balaban J connectivity index is 2.46. The number of rotatable bonds is 8. The number of methoxy groups -OCH3 is 1. The number of ether oxygens (including phenoxy) is 1. The quantitative estimate of drug-likeness (QED) is 0.751. The van der Waals surface area contributed by atoms with Crippen molar-refractivity contribution in [2.24, 2.45) is 11.8 Å². The second-order valence-electron chi connectivity index (χ2n) is 6.62. The molecule has 0 aromatic heterocycles. The van der Waals surface area contributed by atoms with Crippen molar-refractivity contribution in [3.63, 3.8) is 0 Å². The number of hydrogen-bond donors (Lipinski definition) is 2. The predicted molar refractivity (Wildman–Crippen MR) is 96.1 cm³/mol. The van der Waals surface area contributed by atoms with E-state index in [0.29, 0.717) is 6.42 Å². The number of benzene rings is 2. The first-order chi connectivity index (χ1) is 11.8. The maximum atomic E-state index is 11.8. The first-order valence-corrected chi connectivity index (χ1v) is 8.35. The van der Waals surface area contributed by atoms with E-state index in [2.05, 4.69) is 0 Å². The van der Waals surface area contributed by atoms with Gasteiger partial charge in [-0.3, -0.25) is 9.59 Å². The lowest BCUT2D eigenvalue weighted by Crippen LogP contribution is -2.27. The van der Waals surface area contributed by atoms with Crippen LogP contribution in [0, 0.1) is 11.8 Å². The summed E-state index contributed by atoms with van der Waals surface area (Å²) in [7, 11) is 1.61. The van der Waals surface area contributed by atoms with Gasteiger partial charge in [-0.05, 0) is 46.7 Å². The van der Waals surface area contributed by atoms with Gasteiger partial charge in [0.05, 0.1) is 13.0 Å². The molecule has 0 aliphatic rings. The molecule has 2 aromatic rings. The summed E-state index contributed by atoms with van der Waals surface area (Å²) in [6.45, 7) is 3.72. The molecule has 0 amide bonds. The van der Waals surface area contributed by atoms with Crippen LogP contribution in [0.5, 0.6) is 5.75 Å². The van der Waals surface area contributed by atoms with Gasteiger partial charge in [0.2, 0.25) is 0 Å². The average molecular weight is 344 g/mol. The Morgan fingerprint density at radius 1 is 1.04 bits per heavy atom. The summed E-state index contributed by atoms with van der Waals surface area (Å²) in [4.78, 5) is 22.8. The van der Waals surface area contributed by atoms with E-state index in [1.165, 1.54) is 0 Å². The molecule has 0 aliphatic heterocycles. The summed E-state index contributed by atoms with van der Waals surface area (Å²) in [5.74, 6) is -2.12. The Morgan fingerprint density at radius 2 is 1.68 bits per heavy atom. The number of carboxylic acid groups (broad SMARTS) is 2. The molecule has 0 spiro atoms. The van der Waals surface area contributed by atoms with Crippen LogP contribution in [0.4, 0.5) is 0 Å². The van der Waals surface area contributed by atoms with Crippen molar-refractivity contribution in [3.05, 3.63) is 42.0 Å². The lowest BCUT2D eigenvalue weighted by atomic mass is 9.76. The zero-order valence-electron chi connectivity index (χ0n) is 14.7. The van der Waals surface area contributed by atoms with Crippen molar-refractivity contribution in [2.75, 3.05) is 7.11 Å². The van der Waals surface area contributed by atoms with E-state index in [-0.39, 0.29) is 18.3 Å². The maximum absolute atomic E-state index is 11.8. The van der Waals surface area contributed by atoms with Crippen LogP contribution >= 0.6 is 0 Å². The molecule has 0 heterocycles. The largest absolute Gasteiger partial charge is 0.497 e. The molecule has 0 bridgehead atoms. The third kappa shape index (κ3) is 4.50. The molecule has 0 saturated carbocycles. The molecule has 5 heteroatoms. The van der Waals surface area contributed by atoms with Gasteiger partial charge in [-0.2, -0.15) is 0 Å². The van der Waals surface area contributed by atoms with Crippen LogP contribution in [-0.4, -0.2) is 29.3 Å². The molecule has 0 unspecified atom stereocenters. The van der Waals surface area contributed by atoms with E-state index >= 15 is 0 Å². The van der Waals surface area contributed by atoms with E-state index in [9.17, 15) is 14.7 Å². The number of aliphatic carboxylic acids is 2. The Hall–Kier alpha value is -2.56. The zero-order valence-corrected chi connectivity index (χ0v) is 14.7. The summed E-state index contributed by atoms with van der Waals surface area (Å²) in [6, 6.07) is 11.5. The topological polar surface area (TPSA) is 83.8 Å². The SMILES string of the molecule is COc1ccc2cc([C@H](CCC(=O)O)[C@@H](C(=O)O)C(C)C)ccc2c1. The van der Waals surface area contributed by atoms with E-state index in [1.807, 2.05) is 50.2 Å². The normalized spacial score (nSPS) is 13.6. The number of fused-ring (bicyclic) bond motifs is 1. The Labute approximate surface area is 147 Å². The molecule has 2 N–H and O–H groups in total. The van der Waals surface area contributed by atoms with Crippen molar-refractivity contribution in [1.29, 1.82) is 0 Å². The Bertz CT molecular complexity index is 766. The van der Waals surface area contributed by atoms with Crippen LogP contribution in [0.25, 0.3) is 10.8 Å². The van der Waals surface area contributed by atoms with Crippen LogP contribution in [0.3, 0.4) is 0 Å². The highest BCUT2D eigenvalue weighted by molar-refractivity contribution is 5.85. The highest BCUT2D eigenvalue weighted by Crippen LogP contribution is 2.36. The standard InChI is InChI=1S/C20H24O5/c1-12(2)19(20(23)24)17(8-9-18(21)22)15-5-4-14-11-16(25-3)7-6-13(14)10-15/h4-7,10-12,17,19H,8-9H2,1-3H3,(H,21,22)(H,23,24)/t17-,19-/m0/s1. The van der Waals surface area contributed by atoms with E-state index in [0.717, 1.165) is 22.1 Å². The number of carboxylic acids is 2. The Morgan fingerprint density at radius 3 is 2.24 bits per heavy atom. The summed E-state index contributed by atoms with van der Waals surface area (Å²) in [5, 5.41) is 20.7. The lowest BCUT2D eigenvalue weighted by molar-refractivity contribution is -0.145. The molecular weight excluding hydrogens is 320 g/mol. The van der Waals surface area contributed by atoms with Crippen LogP contribution in [0.15, 0.2) is 36.4 Å². The molecule has 2 aromatic carbocycles. The number of hydrogen-bond acceptors (Lipinski definition) is 3. The van der Waals surface area contributed by atoms with Gasteiger partial charge in [0, 0.05) is 6.42 Å². The fourth-order valence-electron chi connectivity index (χ4n) is 3.35. The molecule has 25 heavy (non-hydrogen) atoms. The van der Waals surface area contributed by atoms with Gasteiger partial charge in [-0.1, -0.05) is 38.1 Å². The monoisotopic (exact) mass is 344 g/mol. The highest BCUT2D eigenvalue weighted by Gasteiger charge is 2.32. The third-order valence-corrected chi connectivity index (χ3v) is 4.61. The summed E-state index contributed by atoms with van der Waals surface area (Å²) in [5.41, 5.74) is 0.861. The van der Waals surface area contributed by atoms with Crippen LogP contribution in [-0.2, 0) is 9.59 Å². The fourth-order valence-corrected chi connectivity index (χ4v) is 3.35. The van der Waals surface area contributed by atoms with Crippen molar-refractivity contribution in [3.8, 4) is 5.75 Å². The smallest absolute Gasteiger partial charge is 0.307 e. The van der Waals surface area contributed by atoms with Crippen LogP contribution in [0.2, 0.25) is 0 Å². The number of carbonyl (C=O) groups is 2. The molecule has 0 saturated heterocycles. The van der Waals surface area contributed by atoms with Gasteiger partial charge < -0.3 is 14.9 Å². The van der Waals surface area contributed by atoms with E-state index in [1.54, 1.807) is 7.11 Å². The lowest BCUT2D eigenvalue weighted by Gasteiger charge is -2.27. The minimum atomic E-state index is -0.913. The highest BCUT2D eigenvalue weighted by atomic mass is 16.5. The van der Waals surface area contributed by atoms with Crippen LogP contribution in [0.1, 0.15) is 38.2 Å². The molecular formula is C20H24O5. The summed E-state index contributed by atoms with van der Waals surface area (Å²) in [6.07, 6.45) is 0.244. The van der Waals surface area contributed by atoms with Crippen molar-refractivity contribution in [2.45, 2.75) is 32.6 Å². The minimum Gasteiger partial charge on any atom is -0.497 e. The molecule has 134 valence electrons.